The Hall–Kier alpha value is -7.08. The van der Waals surface area contributed by atoms with Gasteiger partial charge in [-0.25, -0.2) is 29.9 Å². The summed E-state index contributed by atoms with van der Waals surface area (Å²) in [5.74, 6) is 0.898. The molecule has 8 aromatic rings. The monoisotopic (exact) mass is 1590 g/mol. The van der Waals surface area contributed by atoms with Gasteiger partial charge in [-0.1, -0.05) is 396 Å². The summed E-state index contributed by atoms with van der Waals surface area (Å²) in [6.45, 7) is 113. The SMILES string of the molecule is CC(C)(C)C.CC(C)(C)C.CC(C)(C)C.CC(C)(C)C.CC(C)(C)C.CC(C)(C)C.CC(C)(C)C.CC(C)(C)c1ccccc1.CC(C)(C)c1cccnc1.CC(C)(C)c1cccnn1.CC(C)(C)c1ccncc1.CC(C)(C)c1ccncn1.CC(C)(C)c1ccnnc1.CC(C)(C)c1cncnc1.CC(C)(C)c1ncccn1. The van der Waals surface area contributed by atoms with Gasteiger partial charge in [0, 0.05) is 90.1 Å². The molecule has 1 aromatic carbocycles. The van der Waals surface area contributed by atoms with Gasteiger partial charge in [0.25, 0.3) is 0 Å². The minimum Gasteiger partial charge on any atom is -0.265 e. The third-order valence-corrected chi connectivity index (χ3v) is 11.5. The zero-order valence-electron chi connectivity index (χ0n) is 85.0. The molecule has 0 radical (unpaired) electrons. The highest BCUT2D eigenvalue weighted by atomic mass is 15.1. The molecule has 0 aliphatic rings. The van der Waals surface area contributed by atoms with Gasteiger partial charge in [0.15, 0.2) is 0 Å². The molecule has 0 bridgehead atoms. The highest BCUT2D eigenvalue weighted by Crippen LogP contribution is 2.25. The second-order valence-electron chi connectivity index (χ2n) is 48.4. The van der Waals surface area contributed by atoms with Crippen LogP contribution in [-0.2, 0) is 43.3 Å². The largest absolute Gasteiger partial charge is 0.265 e. The summed E-state index contributed by atoms with van der Waals surface area (Å²) >= 11 is 0. The van der Waals surface area contributed by atoms with Gasteiger partial charge in [-0.3, -0.25) is 9.97 Å². The van der Waals surface area contributed by atoms with Crippen molar-refractivity contribution >= 4 is 0 Å². The Morgan fingerprint density at radius 3 is 0.696 bits per heavy atom. The average Bonchev–Trinajstić information content (AvgIpc) is 0.931. The smallest absolute Gasteiger partial charge is 0.133 e. The Morgan fingerprint density at radius 1 is 0.174 bits per heavy atom. The highest BCUT2D eigenvalue weighted by Gasteiger charge is 2.19. The van der Waals surface area contributed by atoms with Crippen molar-refractivity contribution in [3.05, 3.63) is 217 Å². The van der Waals surface area contributed by atoms with Crippen LogP contribution in [0.5, 0.6) is 0 Å². The predicted molar refractivity (Wildman–Crippen MR) is 511 cm³/mol. The van der Waals surface area contributed by atoms with Crippen LogP contribution in [-0.4, -0.2) is 60.3 Å². The molecule has 0 unspecified atom stereocenters. The van der Waals surface area contributed by atoms with Crippen molar-refractivity contribution in [1.29, 1.82) is 0 Å². The van der Waals surface area contributed by atoms with E-state index in [9.17, 15) is 0 Å². The first-order valence-corrected chi connectivity index (χ1v) is 41.6. The number of benzene rings is 1. The van der Waals surface area contributed by atoms with Crippen molar-refractivity contribution in [1.82, 2.24) is 60.3 Å². The number of nitrogens with zero attached hydrogens (tertiary/aromatic N) is 12. The normalized spacial score (nSPS) is 11.7. The first-order chi connectivity index (χ1) is 50.8. The van der Waals surface area contributed by atoms with E-state index in [1.165, 1.54) is 27.8 Å². The number of hydrogen-bond donors (Lipinski definition) is 0. The Labute approximate surface area is 714 Å². The van der Waals surface area contributed by atoms with Crippen molar-refractivity contribution in [3.63, 3.8) is 0 Å². The summed E-state index contributed by atoms with van der Waals surface area (Å²) in [7, 11) is 0. The fourth-order valence-corrected chi connectivity index (χ4v) is 6.14. The van der Waals surface area contributed by atoms with Gasteiger partial charge in [0.1, 0.15) is 18.5 Å². The van der Waals surface area contributed by atoms with Gasteiger partial charge >= 0.3 is 0 Å². The average molecular weight is 1590 g/mol. The first kappa shape index (κ1) is 121. The minimum absolute atomic E-state index is 0.0707. The minimum atomic E-state index is 0.0707. The van der Waals surface area contributed by atoms with E-state index in [2.05, 4.69) is 469 Å². The van der Waals surface area contributed by atoms with Crippen LogP contribution in [0.4, 0.5) is 0 Å². The van der Waals surface area contributed by atoms with Crippen LogP contribution >= 0.6 is 0 Å². The molecule has 7 aromatic heterocycles. The molecule has 7 heterocycles. The molecular weight excluding hydrogens is 1410 g/mol. The second-order valence-corrected chi connectivity index (χ2v) is 48.4. The predicted octanol–water partition coefficient (Wildman–Crippen LogP) is 31.0. The highest BCUT2D eigenvalue weighted by molar-refractivity contribution is 5.23. The van der Waals surface area contributed by atoms with Crippen LogP contribution in [0.2, 0.25) is 0 Å². The molecule has 12 nitrogen and oxygen atoms in total. The topological polar surface area (TPSA) is 155 Å². The van der Waals surface area contributed by atoms with Crippen LogP contribution in [0.25, 0.3) is 0 Å². The Bertz CT molecular complexity index is 2730. The van der Waals surface area contributed by atoms with E-state index < -0.39 is 0 Å². The van der Waals surface area contributed by atoms with Crippen LogP contribution in [0.1, 0.15) is 405 Å². The van der Waals surface area contributed by atoms with Gasteiger partial charge in [-0.05, 0) is 141 Å². The van der Waals surface area contributed by atoms with Gasteiger partial charge in [-0.15, -0.1) is 0 Å². The van der Waals surface area contributed by atoms with E-state index in [0.717, 1.165) is 17.2 Å². The third kappa shape index (κ3) is 107. The summed E-state index contributed by atoms with van der Waals surface area (Å²) < 4.78 is 0. The fourth-order valence-electron chi connectivity index (χ4n) is 6.14. The maximum atomic E-state index is 4.14. The van der Waals surface area contributed by atoms with E-state index in [1.54, 1.807) is 56.0 Å². The van der Waals surface area contributed by atoms with Crippen LogP contribution in [0.15, 0.2) is 172 Å². The lowest BCUT2D eigenvalue weighted by molar-refractivity contribution is 0.469. The number of rotatable bonds is 0. The van der Waals surface area contributed by atoms with E-state index in [0.29, 0.717) is 43.3 Å². The molecule has 12 heteroatoms. The molecule has 0 amide bonds. The van der Waals surface area contributed by atoms with E-state index >= 15 is 0 Å². The van der Waals surface area contributed by atoms with E-state index in [-0.39, 0.29) is 37.9 Å². The lowest BCUT2D eigenvalue weighted by Crippen LogP contribution is -2.14. The van der Waals surface area contributed by atoms with Crippen molar-refractivity contribution in [3.8, 4) is 0 Å². The number of pyridine rings is 2. The molecule has 656 valence electrons. The molecule has 0 aliphatic carbocycles. The Kier molecular flexibility index (Phi) is 58.5. The summed E-state index contributed by atoms with van der Waals surface area (Å²) in [5.41, 5.74) is 13.5. The summed E-state index contributed by atoms with van der Waals surface area (Å²) in [4.78, 5) is 32.2. The molecule has 8 rings (SSSR count). The molecule has 0 atom stereocenters. The third-order valence-electron chi connectivity index (χ3n) is 11.5. The van der Waals surface area contributed by atoms with Crippen molar-refractivity contribution in [2.24, 2.45) is 37.9 Å². The maximum absolute atomic E-state index is 4.14. The molecule has 0 N–H and O–H groups in total. The lowest BCUT2D eigenvalue weighted by Gasteiger charge is -2.18. The number of hydrogen-bond acceptors (Lipinski definition) is 12. The quantitative estimate of drug-likeness (QED) is 0.142. The Balaban J connectivity index is -0.000000220. The lowest BCUT2D eigenvalue weighted by atomic mass is 9.87. The second kappa shape index (κ2) is 55.6. The van der Waals surface area contributed by atoms with Crippen molar-refractivity contribution in [2.75, 3.05) is 0 Å². The number of aromatic nitrogens is 12. The van der Waals surface area contributed by atoms with Gasteiger partial charge < -0.3 is 0 Å². The summed E-state index contributed by atoms with van der Waals surface area (Å²) in [6.07, 6.45) is 24.8. The molecule has 0 saturated carbocycles. The zero-order chi connectivity index (χ0) is 92.4. The van der Waals surface area contributed by atoms with Crippen molar-refractivity contribution < 1.29 is 0 Å². The van der Waals surface area contributed by atoms with E-state index in [4.69, 9.17) is 0 Å². The molecular formula is C103H184N12. The molecule has 0 aliphatic heterocycles. The van der Waals surface area contributed by atoms with Crippen molar-refractivity contribution in [2.45, 2.75) is 403 Å². The van der Waals surface area contributed by atoms with Gasteiger partial charge in [0.05, 0.1) is 11.9 Å². The van der Waals surface area contributed by atoms with Gasteiger partial charge in [0.2, 0.25) is 0 Å². The molecule has 115 heavy (non-hydrogen) atoms. The molecule has 0 saturated heterocycles. The van der Waals surface area contributed by atoms with E-state index in [1.807, 2.05) is 67.4 Å². The molecule has 0 spiro atoms. The first-order valence-electron chi connectivity index (χ1n) is 41.6. The van der Waals surface area contributed by atoms with Gasteiger partial charge in [-0.2, -0.15) is 20.4 Å². The van der Waals surface area contributed by atoms with Crippen LogP contribution < -0.4 is 0 Å². The zero-order valence-corrected chi connectivity index (χ0v) is 85.0. The van der Waals surface area contributed by atoms with Crippen LogP contribution in [0, 0.1) is 37.9 Å². The Morgan fingerprint density at radius 2 is 0.487 bits per heavy atom. The standard InChI is InChI=1S/C10H14.2C9H13N.5C8H12N2.7C5H12/c1-10(2,3)9-7-5-4-6-8-9;1-9(2,3)8-4-6-10-7-5-8;1-9(2,3)8-5-4-6-10-7-8;1-8(2,3)7-4-9-6-10-5-7;1-8(2,3)7-4-5-9-6-10-7;1-8(2,3)7-4-5-9-10-6-7;1-8(2,3)7-9-5-4-6-10-7;1-8(2,3)7-5-4-6-9-10-7;7*1-5(2,3)4/h4-8H,1-3H3;2*4-7H,1-3H3;5*4-6H,1-3H3;7*1-4H3. The molecule has 0 fully saturated rings. The summed E-state index contributed by atoms with van der Waals surface area (Å²) in [5, 5.41) is 15.3. The fraction of sp³-hybridized carbons (Fsp3) is 0.650. The maximum Gasteiger partial charge on any atom is 0.133 e. The summed E-state index contributed by atoms with van der Waals surface area (Å²) in [6, 6.07) is 28.4. The van der Waals surface area contributed by atoms with Crippen LogP contribution in [0.3, 0.4) is 0 Å².